The normalized spacial score (nSPS) is 14.6. The van der Waals surface area contributed by atoms with E-state index in [1.165, 1.54) is 99.2 Å². The van der Waals surface area contributed by atoms with Crippen LogP contribution in [0, 0.1) is 0 Å². The van der Waals surface area contributed by atoms with E-state index in [2.05, 4.69) is 239 Å². The average molecular weight is 808 g/mol. The summed E-state index contributed by atoms with van der Waals surface area (Å²) in [6.07, 6.45) is 0.939. The van der Waals surface area contributed by atoms with E-state index < -0.39 is 0 Å². The van der Waals surface area contributed by atoms with Gasteiger partial charge in [-0.3, -0.25) is 0 Å². The molecule has 0 aromatic heterocycles. The van der Waals surface area contributed by atoms with E-state index in [4.69, 9.17) is 0 Å². The van der Waals surface area contributed by atoms with Crippen LogP contribution in [-0.4, -0.2) is 0 Å². The molecule has 0 saturated heterocycles. The molecule has 1 atom stereocenters. The number of nitrogens with zero attached hydrogens (tertiary/aromatic N) is 1. The Balaban J connectivity index is 0.928. The predicted molar refractivity (Wildman–Crippen MR) is 267 cm³/mol. The standard InChI is InChI=1S/C62H49N/c1-61(2)56-34-40(33-52(43-17-7-5-8-18-43)50-27-15-21-41-19-11-13-25-48(41)50)29-32-51(56)54-38-59-55(39-58(54)61)53-36-44-30-31-47(35-45(44)37-57(53)62(59,3)4)63(46-23-9-6-10-24-46)60-28-16-22-42-20-12-14-26-49(42)60/h5-32,34-39,52H,33H2,1-4H3. The molecule has 1 unspecified atom stereocenters. The molecule has 0 saturated carbocycles. The van der Waals surface area contributed by atoms with Crippen molar-refractivity contribution in [3.63, 3.8) is 0 Å². The fourth-order valence-electron chi connectivity index (χ4n) is 11.3. The molecule has 0 heterocycles. The van der Waals surface area contributed by atoms with Crippen LogP contribution in [-0.2, 0) is 17.3 Å². The fraction of sp³-hybridized carbons (Fsp3) is 0.129. The summed E-state index contributed by atoms with van der Waals surface area (Å²) in [4.78, 5) is 2.41. The van der Waals surface area contributed by atoms with Crippen molar-refractivity contribution < 1.29 is 0 Å². The number of rotatable bonds is 7. The number of hydrogen-bond acceptors (Lipinski definition) is 1. The molecule has 0 fully saturated rings. The SMILES string of the molecule is CC1(C)c2cc(CC(c3ccccc3)c3cccc4ccccc34)ccc2-c2cc3c(cc21)-c1cc2ccc(N(c4ccccc4)c4cccc5ccccc45)cc2cc1C3(C)C. The van der Waals surface area contributed by atoms with Crippen molar-refractivity contribution in [1.82, 2.24) is 0 Å². The summed E-state index contributed by atoms with van der Waals surface area (Å²) >= 11 is 0. The van der Waals surface area contributed by atoms with Crippen molar-refractivity contribution >= 4 is 49.4 Å². The fourth-order valence-corrected chi connectivity index (χ4v) is 11.3. The Morgan fingerprint density at radius 2 is 0.952 bits per heavy atom. The summed E-state index contributed by atoms with van der Waals surface area (Å²) in [5.41, 5.74) is 18.5. The van der Waals surface area contributed by atoms with E-state index >= 15 is 0 Å². The molecule has 2 aliphatic rings. The van der Waals surface area contributed by atoms with Gasteiger partial charge in [-0.1, -0.05) is 179 Å². The Labute approximate surface area is 370 Å². The highest BCUT2D eigenvalue weighted by Crippen LogP contribution is 2.57. The summed E-state index contributed by atoms with van der Waals surface area (Å²) in [7, 11) is 0. The lowest BCUT2D eigenvalue weighted by Gasteiger charge is -2.27. The van der Waals surface area contributed by atoms with Crippen LogP contribution in [0.1, 0.15) is 72.6 Å². The van der Waals surface area contributed by atoms with Crippen molar-refractivity contribution in [2.75, 3.05) is 4.90 Å². The van der Waals surface area contributed by atoms with Gasteiger partial charge in [0.05, 0.1) is 5.69 Å². The van der Waals surface area contributed by atoms with E-state index in [-0.39, 0.29) is 16.7 Å². The lowest BCUT2D eigenvalue weighted by atomic mass is 9.78. The summed E-state index contributed by atoms with van der Waals surface area (Å²) in [5, 5.41) is 7.63. The maximum Gasteiger partial charge on any atom is 0.0540 e. The Morgan fingerprint density at radius 3 is 1.70 bits per heavy atom. The van der Waals surface area contributed by atoms with Crippen molar-refractivity contribution in [3.8, 4) is 22.3 Å². The van der Waals surface area contributed by atoms with Gasteiger partial charge in [-0.05, 0) is 149 Å². The van der Waals surface area contributed by atoms with Crippen LogP contribution in [0.4, 0.5) is 17.1 Å². The summed E-state index contributed by atoms with van der Waals surface area (Å²) in [6.45, 7) is 9.72. The van der Waals surface area contributed by atoms with E-state index in [1.807, 2.05) is 0 Å². The molecular weight excluding hydrogens is 759 g/mol. The molecule has 63 heavy (non-hydrogen) atoms. The van der Waals surface area contributed by atoms with Crippen LogP contribution in [0.15, 0.2) is 206 Å². The van der Waals surface area contributed by atoms with Crippen molar-refractivity contribution in [2.45, 2.75) is 50.9 Å². The van der Waals surface area contributed by atoms with Crippen LogP contribution in [0.3, 0.4) is 0 Å². The maximum atomic E-state index is 2.55. The van der Waals surface area contributed by atoms with E-state index in [9.17, 15) is 0 Å². The van der Waals surface area contributed by atoms with Crippen LogP contribution >= 0.6 is 0 Å². The smallest absolute Gasteiger partial charge is 0.0540 e. The lowest BCUT2D eigenvalue weighted by molar-refractivity contribution is 0.651. The number of anilines is 3. The molecule has 1 heteroatoms. The quantitative estimate of drug-likeness (QED) is 0.155. The molecule has 0 bridgehead atoms. The lowest BCUT2D eigenvalue weighted by Crippen LogP contribution is -2.17. The Kier molecular flexibility index (Phi) is 8.44. The molecule has 12 rings (SSSR count). The first kappa shape index (κ1) is 37.5. The van der Waals surface area contributed by atoms with E-state index in [0.717, 1.165) is 17.8 Å². The highest BCUT2D eigenvalue weighted by molar-refractivity contribution is 6.02. The molecular formula is C62H49N. The van der Waals surface area contributed by atoms with Crippen molar-refractivity contribution in [3.05, 3.63) is 245 Å². The zero-order valence-corrected chi connectivity index (χ0v) is 36.4. The molecule has 302 valence electrons. The van der Waals surface area contributed by atoms with Gasteiger partial charge in [0.2, 0.25) is 0 Å². The zero-order chi connectivity index (χ0) is 42.5. The van der Waals surface area contributed by atoms with Gasteiger partial charge in [-0.2, -0.15) is 0 Å². The summed E-state index contributed by atoms with van der Waals surface area (Å²) in [6, 6.07) is 77.2. The van der Waals surface area contributed by atoms with Gasteiger partial charge in [0.15, 0.2) is 0 Å². The predicted octanol–water partition coefficient (Wildman–Crippen LogP) is 16.6. The van der Waals surface area contributed by atoms with Gasteiger partial charge < -0.3 is 4.90 Å². The second-order valence-corrected chi connectivity index (χ2v) is 18.9. The zero-order valence-electron chi connectivity index (χ0n) is 36.4. The largest absolute Gasteiger partial charge is 0.310 e. The minimum Gasteiger partial charge on any atom is -0.310 e. The van der Waals surface area contributed by atoms with E-state index in [0.29, 0.717) is 0 Å². The topological polar surface area (TPSA) is 3.24 Å². The molecule has 0 amide bonds. The third kappa shape index (κ3) is 5.90. The van der Waals surface area contributed by atoms with Gasteiger partial charge in [0.1, 0.15) is 0 Å². The Hall–Kier alpha value is -7.22. The van der Waals surface area contributed by atoms with Crippen LogP contribution < -0.4 is 4.90 Å². The first-order chi connectivity index (χ1) is 30.7. The van der Waals surface area contributed by atoms with Gasteiger partial charge in [-0.25, -0.2) is 0 Å². The van der Waals surface area contributed by atoms with Crippen LogP contribution in [0.5, 0.6) is 0 Å². The number of hydrogen-bond donors (Lipinski definition) is 0. The third-order valence-corrected chi connectivity index (χ3v) is 14.6. The minimum atomic E-state index is -0.160. The first-order valence-corrected chi connectivity index (χ1v) is 22.5. The Morgan fingerprint density at radius 1 is 0.381 bits per heavy atom. The van der Waals surface area contributed by atoms with Crippen molar-refractivity contribution in [1.29, 1.82) is 0 Å². The third-order valence-electron chi connectivity index (χ3n) is 14.6. The molecule has 1 nitrogen and oxygen atoms in total. The highest BCUT2D eigenvalue weighted by atomic mass is 15.1. The molecule has 0 spiro atoms. The summed E-state index contributed by atoms with van der Waals surface area (Å²) in [5.74, 6) is 0.244. The van der Waals surface area contributed by atoms with Crippen molar-refractivity contribution in [2.24, 2.45) is 0 Å². The average Bonchev–Trinajstić information content (AvgIpc) is 3.67. The van der Waals surface area contributed by atoms with Gasteiger partial charge >= 0.3 is 0 Å². The second kappa shape index (κ2) is 14.2. The molecule has 2 aliphatic carbocycles. The first-order valence-electron chi connectivity index (χ1n) is 22.5. The van der Waals surface area contributed by atoms with E-state index in [1.54, 1.807) is 0 Å². The number of benzene rings is 10. The molecule has 10 aromatic rings. The number of fused-ring (bicyclic) bond motifs is 9. The molecule has 0 radical (unpaired) electrons. The Bertz CT molecular complexity index is 3420. The van der Waals surface area contributed by atoms with Gasteiger partial charge in [0, 0.05) is 33.5 Å². The minimum absolute atomic E-state index is 0.140. The molecule has 10 aromatic carbocycles. The monoisotopic (exact) mass is 807 g/mol. The maximum absolute atomic E-state index is 2.55. The second-order valence-electron chi connectivity index (χ2n) is 18.9. The number of para-hydroxylation sites is 1. The van der Waals surface area contributed by atoms with Crippen LogP contribution in [0.2, 0.25) is 0 Å². The van der Waals surface area contributed by atoms with Gasteiger partial charge in [-0.15, -0.1) is 0 Å². The molecule has 0 aliphatic heterocycles. The molecule has 0 N–H and O–H groups in total. The highest BCUT2D eigenvalue weighted by Gasteiger charge is 2.42. The van der Waals surface area contributed by atoms with Gasteiger partial charge in [0.25, 0.3) is 0 Å². The summed E-state index contributed by atoms with van der Waals surface area (Å²) < 4.78 is 0. The van der Waals surface area contributed by atoms with Crippen LogP contribution in [0.25, 0.3) is 54.6 Å².